The highest BCUT2D eigenvalue weighted by Gasteiger charge is 2.17. The lowest BCUT2D eigenvalue weighted by Gasteiger charge is -2.11. The zero-order valence-electron chi connectivity index (χ0n) is 25.0. The number of H-pyrrole nitrogens is 2. The van der Waals surface area contributed by atoms with Gasteiger partial charge in [0.2, 0.25) is 0 Å². The van der Waals surface area contributed by atoms with E-state index >= 15 is 0 Å². The van der Waals surface area contributed by atoms with Gasteiger partial charge >= 0.3 is 0 Å². The average Bonchev–Trinajstić information content (AvgIpc) is 3.75. The number of rotatable bonds is 9. The molecule has 216 valence electrons. The Morgan fingerprint density at radius 2 is 1.84 bits per heavy atom. The van der Waals surface area contributed by atoms with Crippen molar-refractivity contribution in [1.29, 1.82) is 0 Å². The molecule has 0 radical (unpaired) electrons. The van der Waals surface area contributed by atoms with E-state index in [4.69, 9.17) is 0 Å². The van der Waals surface area contributed by atoms with Gasteiger partial charge in [-0.1, -0.05) is 63.4 Å². The molecule has 0 aliphatic rings. The number of pyridine rings is 2. The fourth-order valence-electron chi connectivity index (χ4n) is 4.95. The molecule has 0 fully saturated rings. The summed E-state index contributed by atoms with van der Waals surface area (Å²) in [5, 5.41) is 12.1. The van der Waals surface area contributed by atoms with Crippen LogP contribution in [0.4, 0.5) is 5.69 Å². The zero-order valence-corrected chi connectivity index (χ0v) is 25.0. The van der Waals surface area contributed by atoms with Gasteiger partial charge in [-0.3, -0.25) is 15.1 Å². The maximum atomic E-state index is 4.69. The van der Waals surface area contributed by atoms with Crippen LogP contribution < -0.4 is 5.32 Å². The fourth-order valence-corrected chi connectivity index (χ4v) is 4.95. The normalized spacial score (nSPS) is 11.2. The second kappa shape index (κ2) is 13.0. The van der Waals surface area contributed by atoms with Crippen molar-refractivity contribution in [1.82, 2.24) is 34.7 Å². The predicted molar refractivity (Wildman–Crippen MR) is 176 cm³/mol. The van der Waals surface area contributed by atoms with Gasteiger partial charge in [-0.05, 0) is 43.7 Å². The van der Waals surface area contributed by atoms with Gasteiger partial charge in [0.15, 0.2) is 0 Å². The van der Waals surface area contributed by atoms with Crippen LogP contribution in [0, 0.1) is 13.8 Å². The van der Waals surface area contributed by atoms with Crippen molar-refractivity contribution in [3.63, 3.8) is 0 Å². The number of nitrogens with zero attached hydrogens (tertiary/aromatic N) is 5. The largest absolute Gasteiger partial charge is 0.358 e. The SMILES string of the molecule is C=C/C=C(\c1cc(-c2n[nH]c3cnc(-c4cncc(NC(=C)Cc5ccccc5)c4)cc23)[nH]c1C)n1cnc(C)c1.CC. The summed E-state index contributed by atoms with van der Waals surface area (Å²) in [5.74, 6) is 0. The van der Waals surface area contributed by atoms with Gasteiger partial charge in [0, 0.05) is 46.7 Å². The first-order valence-electron chi connectivity index (χ1n) is 14.3. The minimum absolute atomic E-state index is 0.732. The Morgan fingerprint density at radius 1 is 1.02 bits per heavy atom. The van der Waals surface area contributed by atoms with Crippen LogP contribution in [0.1, 0.15) is 36.4 Å². The van der Waals surface area contributed by atoms with Crippen LogP contribution in [-0.4, -0.2) is 34.7 Å². The standard InChI is InChI=1S/C33H30N8.C2H6/c1-5-9-32(41-19-22(3)36-20-41)27-14-30(38-23(27)4)33-28-15-29(35-18-31(28)39-40-33)25-13-26(17-34-16-25)37-21(2)12-24-10-7-6-8-11-24;1-2/h5-11,13-20,37-38H,1-2,12H2,3-4H3,(H,39,40);1-2H3/b32-9+;. The smallest absolute Gasteiger partial charge is 0.116 e. The first kappa shape index (κ1) is 29.0. The maximum absolute atomic E-state index is 4.69. The highest BCUT2D eigenvalue weighted by molar-refractivity contribution is 5.94. The molecule has 5 aromatic heterocycles. The third-order valence-corrected chi connectivity index (χ3v) is 6.87. The van der Waals surface area contributed by atoms with E-state index in [-0.39, 0.29) is 0 Å². The molecule has 6 rings (SSSR count). The number of aryl methyl sites for hydroxylation is 2. The number of aromatic amines is 2. The highest BCUT2D eigenvalue weighted by Crippen LogP contribution is 2.32. The number of allylic oxidation sites excluding steroid dienone is 3. The number of hydrogen-bond donors (Lipinski definition) is 3. The Labute approximate surface area is 252 Å². The Hall–Kier alpha value is -5.50. The molecule has 43 heavy (non-hydrogen) atoms. The number of aromatic nitrogens is 7. The molecule has 1 aromatic carbocycles. The predicted octanol–water partition coefficient (Wildman–Crippen LogP) is 8.10. The van der Waals surface area contributed by atoms with Crippen molar-refractivity contribution in [2.45, 2.75) is 34.1 Å². The molecule has 3 N–H and O–H groups in total. The van der Waals surface area contributed by atoms with E-state index in [2.05, 4.69) is 73.7 Å². The van der Waals surface area contributed by atoms with Crippen LogP contribution in [0.25, 0.3) is 39.2 Å². The van der Waals surface area contributed by atoms with E-state index in [1.807, 2.05) is 86.7 Å². The second-order valence-electron chi connectivity index (χ2n) is 9.97. The summed E-state index contributed by atoms with van der Waals surface area (Å²) in [6, 6.07) is 16.4. The average molecular weight is 569 g/mol. The molecule has 0 amide bonds. The summed E-state index contributed by atoms with van der Waals surface area (Å²) < 4.78 is 2.00. The number of hydrogen-bond acceptors (Lipinski definition) is 5. The van der Waals surface area contributed by atoms with Gasteiger partial charge < -0.3 is 14.9 Å². The van der Waals surface area contributed by atoms with Crippen LogP contribution in [0.5, 0.6) is 0 Å². The molecule has 0 atom stereocenters. The number of nitrogens with one attached hydrogen (secondary N) is 3. The van der Waals surface area contributed by atoms with E-state index < -0.39 is 0 Å². The summed E-state index contributed by atoms with van der Waals surface area (Å²) in [4.78, 5) is 17.1. The molecule has 5 heterocycles. The number of imidazole rings is 1. The van der Waals surface area contributed by atoms with E-state index in [1.165, 1.54) is 5.56 Å². The third kappa shape index (κ3) is 6.38. The summed E-state index contributed by atoms with van der Waals surface area (Å²) in [7, 11) is 0. The summed E-state index contributed by atoms with van der Waals surface area (Å²) in [6.07, 6.45) is 13.7. The maximum Gasteiger partial charge on any atom is 0.116 e. The Kier molecular flexibility index (Phi) is 8.77. The summed E-state index contributed by atoms with van der Waals surface area (Å²) in [5.41, 5.74) is 11.2. The van der Waals surface area contributed by atoms with Crippen molar-refractivity contribution < 1.29 is 0 Å². The van der Waals surface area contributed by atoms with Crippen molar-refractivity contribution in [3.05, 3.63) is 133 Å². The van der Waals surface area contributed by atoms with Gasteiger partial charge in [0.1, 0.15) is 5.69 Å². The molecule has 0 saturated heterocycles. The van der Waals surface area contributed by atoms with E-state index in [0.29, 0.717) is 0 Å². The Bertz CT molecular complexity index is 1900. The molecule has 0 aliphatic heterocycles. The molecule has 0 saturated carbocycles. The third-order valence-electron chi connectivity index (χ3n) is 6.87. The Balaban J connectivity index is 0.00000180. The molecule has 0 unspecified atom stereocenters. The molecule has 8 heteroatoms. The van der Waals surface area contributed by atoms with Crippen molar-refractivity contribution in [2.75, 3.05) is 5.32 Å². The van der Waals surface area contributed by atoms with E-state index in [9.17, 15) is 0 Å². The highest BCUT2D eigenvalue weighted by atomic mass is 15.1. The van der Waals surface area contributed by atoms with Gasteiger partial charge in [0.25, 0.3) is 0 Å². The van der Waals surface area contributed by atoms with Crippen LogP contribution in [0.15, 0.2) is 111 Å². The van der Waals surface area contributed by atoms with Gasteiger partial charge in [0.05, 0.1) is 52.7 Å². The van der Waals surface area contributed by atoms with Gasteiger partial charge in [-0.25, -0.2) is 4.98 Å². The van der Waals surface area contributed by atoms with Crippen molar-refractivity contribution in [2.24, 2.45) is 0 Å². The molecular weight excluding hydrogens is 532 g/mol. The molecule has 8 nitrogen and oxygen atoms in total. The lowest BCUT2D eigenvalue weighted by molar-refractivity contribution is 1.08. The monoisotopic (exact) mass is 568 g/mol. The van der Waals surface area contributed by atoms with E-state index in [0.717, 1.165) is 74.0 Å². The van der Waals surface area contributed by atoms with Gasteiger partial charge in [-0.15, -0.1) is 0 Å². The fraction of sp³-hybridized carbons (Fsp3) is 0.143. The van der Waals surface area contributed by atoms with Crippen molar-refractivity contribution >= 4 is 22.3 Å². The number of benzene rings is 1. The zero-order chi connectivity index (χ0) is 30.3. The number of fused-ring (bicyclic) bond motifs is 1. The molecule has 0 aliphatic carbocycles. The quantitative estimate of drug-likeness (QED) is 0.153. The lowest BCUT2D eigenvalue weighted by atomic mass is 10.1. The van der Waals surface area contributed by atoms with Crippen LogP contribution in [-0.2, 0) is 6.42 Å². The topological polar surface area (TPSA) is 100 Å². The van der Waals surface area contributed by atoms with Crippen LogP contribution in [0.2, 0.25) is 0 Å². The Morgan fingerprint density at radius 3 is 2.58 bits per heavy atom. The summed E-state index contributed by atoms with van der Waals surface area (Å²) in [6.45, 7) is 16.1. The van der Waals surface area contributed by atoms with Crippen molar-refractivity contribution in [3.8, 4) is 22.6 Å². The molecular formula is C35H36N8. The minimum atomic E-state index is 0.732. The van der Waals surface area contributed by atoms with Crippen LogP contribution in [0.3, 0.4) is 0 Å². The molecule has 0 spiro atoms. The summed E-state index contributed by atoms with van der Waals surface area (Å²) >= 11 is 0. The van der Waals surface area contributed by atoms with E-state index in [1.54, 1.807) is 12.3 Å². The van der Waals surface area contributed by atoms with Gasteiger partial charge in [-0.2, -0.15) is 5.10 Å². The van der Waals surface area contributed by atoms with Crippen LogP contribution >= 0.6 is 0 Å². The molecule has 6 aromatic rings. The minimum Gasteiger partial charge on any atom is -0.358 e. The lowest BCUT2D eigenvalue weighted by Crippen LogP contribution is -2.02. The first-order valence-corrected chi connectivity index (χ1v) is 14.3. The second-order valence-corrected chi connectivity index (χ2v) is 9.97. The molecule has 0 bridgehead atoms. The first-order chi connectivity index (χ1) is 21.0. The number of anilines is 1.